The lowest BCUT2D eigenvalue weighted by Gasteiger charge is -2.10. The lowest BCUT2D eigenvalue weighted by molar-refractivity contribution is -0.384. The zero-order valence-electron chi connectivity index (χ0n) is 15.0. The number of anilines is 1. The number of rotatable bonds is 8. The number of non-ortho nitro benzene ring substituents is 1. The lowest BCUT2D eigenvalue weighted by Crippen LogP contribution is -2.13. The van der Waals surface area contributed by atoms with Gasteiger partial charge in [0.25, 0.3) is 11.6 Å². The van der Waals surface area contributed by atoms with Crippen LogP contribution in [0.15, 0.2) is 60.7 Å². The summed E-state index contributed by atoms with van der Waals surface area (Å²) in [6.07, 6.45) is 2.98. The highest BCUT2D eigenvalue weighted by molar-refractivity contribution is 6.09. The first kappa shape index (κ1) is 20.2. The molecule has 0 saturated carbocycles. The first-order chi connectivity index (χ1) is 13.5. The Morgan fingerprint density at radius 2 is 2.11 bits per heavy atom. The molecule has 2 aromatic rings. The fraction of sp³-hybridized carbons (Fsp3) is 0.100. The van der Waals surface area contributed by atoms with Crippen molar-refractivity contribution in [2.75, 3.05) is 19.0 Å². The quantitative estimate of drug-likeness (QED) is 0.246. The van der Waals surface area contributed by atoms with Crippen molar-refractivity contribution < 1.29 is 19.2 Å². The van der Waals surface area contributed by atoms with E-state index in [2.05, 4.69) is 11.9 Å². The number of amides is 1. The molecule has 8 heteroatoms. The van der Waals surface area contributed by atoms with Gasteiger partial charge in [0, 0.05) is 17.8 Å². The van der Waals surface area contributed by atoms with E-state index in [1.807, 2.05) is 6.07 Å². The van der Waals surface area contributed by atoms with Crippen molar-refractivity contribution in [2.24, 2.45) is 0 Å². The van der Waals surface area contributed by atoms with Crippen LogP contribution in [0.5, 0.6) is 11.5 Å². The van der Waals surface area contributed by atoms with E-state index >= 15 is 0 Å². The Kier molecular flexibility index (Phi) is 6.88. The van der Waals surface area contributed by atoms with E-state index in [1.54, 1.807) is 24.3 Å². The van der Waals surface area contributed by atoms with Crippen LogP contribution in [-0.4, -0.2) is 24.5 Å². The molecule has 142 valence electrons. The lowest BCUT2D eigenvalue weighted by atomic mass is 10.1. The van der Waals surface area contributed by atoms with E-state index in [9.17, 15) is 20.2 Å². The van der Waals surface area contributed by atoms with Gasteiger partial charge < -0.3 is 14.8 Å². The van der Waals surface area contributed by atoms with Gasteiger partial charge in [-0.1, -0.05) is 24.8 Å². The summed E-state index contributed by atoms with van der Waals surface area (Å²) in [5.41, 5.74) is 0.424. The maximum Gasteiger partial charge on any atom is 0.271 e. The van der Waals surface area contributed by atoms with E-state index in [0.717, 1.165) is 0 Å². The number of methoxy groups -OCH3 is 1. The minimum Gasteiger partial charge on any atom is -0.493 e. The predicted octanol–water partition coefficient (Wildman–Crippen LogP) is 3.71. The van der Waals surface area contributed by atoms with E-state index < -0.39 is 10.8 Å². The third-order valence-electron chi connectivity index (χ3n) is 3.54. The van der Waals surface area contributed by atoms with Crippen LogP contribution < -0.4 is 14.8 Å². The Balaban J connectivity index is 2.24. The van der Waals surface area contributed by atoms with E-state index in [0.29, 0.717) is 23.7 Å². The third kappa shape index (κ3) is 5.19. The molecule has 0 aromatic heterocycles. The number of hydrogen-bond donors (Lipinski definition) is 1. The van der Waals surface area contributed by atoms with Gasteiger partial charge in [-0.2, -0.15) is 5.26 Å². The van der Waals surface area contributed by atoms with Crippen LogP contribution in [0.4, 0.5) is 11.4 Å². The molecule has 0 heterocycles. The number of ether oxygens (including phenoxy) is 2. The molecule has 2 rings (SSSR count). The van der Waals surface area contributed by atoms with Crippen LogP contribution in [0, 0.1) is 21.4 Å². The van der Waals surface area contributed by atoms with Gasteiger partial charge in [0.2, 0.25) is 0 Å². The van der Waals surface area contributed by atoms with E-state index in [-0.39, 0.29) is 16.9 Å². The first-order valence-electron chi connectivity index (χ1n) is 8.07. The summed E-state index contributed by atoms with van der Waals surface area (Å²) in [7, 11) is 1.48. The Hall–Kier alpha value is -4.12. The predicted molar refractivity (Wildman–Crippen MR) is 104 cm³/mol. The number of benzene rings is 2. The van der Waals surface area contributed by atoms with E-state index in [4.69, 9.17) is 9.47 Å². The minimum absolute atomic E-state index is 0.167. The zero-order chi connectivity index (χ0) is 20.5. The summed E-state index contributed by atoms with van der Waals surface area (Å²) >= 11 is 0. The minimum atomic E-state index is -0.686. The molecule has 1 amide bonds. The van der Waals surface area contributed by atoms with E-state index in [1.165, 1.54) is 37.5 Å². The standard InChI is InChI=1S/C20H17N3O5/c1-3-9-28-18-8-7-14(11-19(18)27-2)10-15(13-21)20(24)22-16-5-4-6-17(12-16)23(25)26/h3-8,10-12H,1,9H2,2H3,(H,22,24)/b15-10-. The molecular formula is C20H17N3O5. The number of nitrogens with one attached hydrogen (secondary N) is 1. The molecule has 8 nitrogen and oxygen atoms in total. The molecule has 1 N–H and O–H groups in total. The summed E-state index contributed by atoms with van der Waals surface area (Å²) < 4.78 is 10.7. The Morgan fingerprint density at radius 1 is 1.32 bits per heavy atom. The van der Waals surface area contributed by atoms with Gasteiger partial charge in [-0.15, -0.1) is 0 Å². The van der Waals surface area contributed by atoms with Crippen molar-refractivity contribution in [1.82, 2.24) is 0 Å². The number of nitro groups is 1. The van der Waals surface area contributed by atoms with Crippen molar-refractivity contribution in [3.05, 3.63) is 76.4 Å². The van der Waals surface area contributed by atoms with Crippen molar-refractivity contribution in [2.45, 2.75) is 0 Å². The number of nitro benzene ring substituents is 1. The number of carbonyl (C=O) groups is 1. The SMILES string of the molecule is C=CCOc1ccc(/C=C(/C#N)C(=O)Nc2cccc([N+](=O)[O-])c2)cc1OC. The first-order valence-corrected chi connectivity index (χ1v) is 8.07. The Morgan fingerprint density at radius 3 is 2.75 bits per heavy atom. The Bertz CT molecular complexity index is 976. The third-order valence-corrected chi connectivity index (χ3v) is 3.54. The smallest absolute Gasteiger partial charge is 0.271 e. The topological polar surface area (TPSA) is 114 Å². The maximum atomic E-state index is 12.4. The largest absolute Gasteiger partial charge is 0.493 e. The maximum absolute atomic E-state index is 12.4. The van der Waals surface area contributed by atoms with Crippen molar-refractivity contribution in [1.29, 1.82) is 5.26 Å². The van der Waals surface area contributed by atoms with Gasteiger partial charge in [0.15, 0.2) is 11.5 Å². The van der Waals surface area contributed by atoms with Gasteiger partial charge in [-0.05, 0) is 29.8 Å². The molecule has 0 aliphatic carbocycles. The zero-order valence-corrected chi connectivity index (χ0v) is 15.0. The van der Waals surface area contributed by atoms with Gasteiger partial charge in [-0.3, -0.25) is 14.9 Å². The van der Waals surface area contributed by atoms with Gasteiger partial charge >= 0.3 is 0 Å². The number of hydrogen-bond acceptors (Lipinski definition) is 6. The Labute approximate surface area is 161 Å². The van der Waals surface area contributed by atoms with Crippen LogP contribution in [0.3, 0.4) is 0 Å². The van der Waals surface area contributed by atoms with Crippen molar-refractivity contribution in [3.8, 4) is 17.6 Å². The number of carbonyl (C=O) groups excluding carboxylic acids is 1. The highest BCUT2D eigenvalue weighted by Crippen LogP contribution is 2.29. The van der Waals surface area contributed by atoms with Crippen LogP contribution in [0.2, 0.25) is 0 Å². The van der Waals surface area contributed by atoms with Gasteiger partial charge in [0.1, 0.15) is 18.2 Å². The fourth-order valence-electron chi connectivity index (χ4n) is 2.25. The fourth-order valence-corrected chi connectivity index (χ4v) is 2.25. The number of nitrogens with zero attached hydrogens (tertiary/aromatic N) is 2. The summed E-state index contributed by atoms with van der Waals surface area (Å²) in [5.74, 6) is 0.250. The molecule has 0 bridgehead atoms. The van der Waals surface area contributed by atoms with Crippen LogP contribution >= 0.6 is 0 Å². The normalized spacial score (nSPS) is 10.5. The average Bonchev–Trinajstić information content (AvgIpc) is 2.70. The molecule has 0 fully saturated rings. The summed E-state index contributed by atoms with van der Waals surface area (Å²) in [6.45, 7) is 3.88. The molecule has 28 heavy (non-hydrogen) atoms. The highest BCUT2D eigenvalue weighted by Gasteiger charge is 2.13. The molecule has 0 atom stereocenters. The molecule has 0 saturated heterocycles. The van der Waals surface area contributed by atoms with Crippen LogP contribution in [0.25, 0.3) is 6.08 Å². The molecule has 0 spiro atoms. The molecule has 0 radical (unpaired) electrons. The second kappa shape index (κ2) is 9.54. The van der Waals surface area contributed by atoms with Crippen molar-refractivity contribution in [3.63, 3.8) is 0 Å². The molecule has 0 aliphatic rings. The summed E-state index contributed by atoms with van der Waals surface area (Å²) in [5, 5.41) is 22.6. The molecule has 2 aromatic carbocycles. The van der Waals surface area contributed by atoms with Gasteiger partial charge in [0.05, 0.1) is 12.0 Å². The highest BCUT2D eigenvalue weighted by atomic mass is 16.6. The number of nitriles is 1. The monoisotopic (exact) mass is 379 g/mol. The second-order valence-corrected chi connectivity index (χ2v) is 5.44. The summed E-state index contributed by atoms with van der Waals surface area (Å²) in [4.78, 5) is 22.6. The molecular weight excluding hydrogens is 362 g/mol. The van der Waals surface area contributed by atoms with Gasteiger partial charge in [-0.25, -0.2) is 0 Å². The average molecular weight is 379 g/mol. The van der Waals surface area contributed by atoms with Crippen molar-refractivity contribution >= 4 is 23.4 Å². The summed E-state index contributed by atoms with van der Waals surface area (Å²) in [6, 6.07) is 12.2. The second-order valence-electron chi connectivity index (χ2n) is 5.44. The molecule has 0 aliphatic heterocycles. The molecule has 0 unspecified atom stereocenters. The van der Waals surface area contributed by atoms with Crippen LogP contribution in [0.1, 0.15) is 5.56 Å². The van der Waals surface area contributed by atoms with Crippen LogP contribution in [-0.2, 0) is 4.79 Å².